The van der Waals surface area contributed by atoms with E-state index in [0.29, 0.717) is 25.2 Å². The fourth-order valence-electron chi connectivity index (χ4n) is 5.44. The maximum Gasteiger partial charge on any atom is 0.408 e. The molecule has 2 amide bonds. The van der Waals surface area contributed by atoms with Gasteiger partial charge < -0.3 is 15.4 Å². The van der Waals surface area contributed by atoms with Gasteiger partial charge in [0, 0.05) is 6.04 Å². The number of nitrogens with one attached hydrogen (secondary N) is 2. The lowest BCUT2D eigenvalue weighted by molar-refractivity contribution is -0.126. The number of carbonyl (C=O) groups is 2. The van der Waals surface area contributed by atoms with E-state index < -0.39 is 28.7 Å². The van der Waals surface area contributed by atoms with Crippen LogP contribution in [0, 0.1) is 16.7 Å². The van der Waals surface area contributed by atoms with Crippen LogP contribution in [0.4, 0.5) is 4.79 Å². The van der Waals surface area contributed by atoms with Crippen molar-refractivity contribution in [3.05, 3.63) is 53.0 Å². The molecular weight excluding hydrogens is 480 g/mol. The molecule has 0 aromatic heterocycles. The standard InChI is InChI=1S/C30H48N4O4/c1-21(2)17-24(32-27(36)38-28(3,4)5)16-15-23(18-22-13-11-10-12-14-22)26(35)31-25-19-29(6,7)34(33-37)30(8,9)20-25/h10-16,21,23-25H,17-20H2,1-9H3,(H,31,35)(H,32,36)/b16-15+/t23?,24-/m1/s1. The van der Waals surface area contributed by atoms with E-state index in [4.69, 9.17) is 4.74 Å². The van der Waals surface area contributed by atoms with Crippen molar-refractivity contribution in [1.82, 2.24) is 15.6 Å². The lowest BCUT2D eigenvalue weighted by atomic mass is 9.78. The minimum Gasteiger partial charge on any atom is -0.444 e. The van der Waals surface area contributed by atoms with Crippen LogP contribution in [0.3, 0.4) is 0 Å². The quantitative estimate of drug-likeness (QED) is 0.280. The maximum absolute atomic E-state index is 13.7. The molecule has 212 valence electrons. The molecule has 2 rings (SSSR count). The summed E-state index contributed by atoms with van der Waals surface area (Å²) in [6.45, 7) is 17.6. The third-order valence-electron chi connectivity index (χ3n) is 6.71. The second kappa shape index (κ2) is 12.8. The zero-order valence-electron chi connectivity index (χ0n) is 24.7. The third-order valence-corrected chi connectivity index (χ3v) is 6.71. The molecule has 1 saturated heterocycles. The van der Waals surface area contributed by atoms with Crippen molar-refractivity contribution in [2.75, 3.05) is 0 Å². The van der Waals surface area contributed by atoms with Crippen LogP contribution < -0.4 is 10.6 Å². The van der Waals surface area contributed by atoms with Crippen molar-refractivity contribution < 1.29 is 14.3 Å². The molecule has 1 heterocycles. The molecule has 1 aliphatic heterocycles. The second-order valence-corrected chi connectivity index (χ2v) is 13.2. The van der Waals surface area contributed by atoms with Crippen molar-refractivity contribution in [3.63, 3.8) is 0 Å². The molecule has 0 aliphatic carbocycles. The first-order chi connectivity index (χ1) is 17.5. The predicted octanol–water partition coefficient (Wildman–Crippen LogP) is 6.16. The van der Waals surface area contributed by atoms with Crippen LogP contribution in [-0.2, 0) is 16.0 Å². The Hall–Kier alpha value is -2.90. The average Bonchev–Trinajstić information content (AvgIpc) is 2.73. The van der Waals surface area contributed by atoms with E-state index in [1.165, 1.54) is 0 Å². The molecule has 1 aliphatic rings. The summed E-state index contributed by atoms with van der Waals surface area (Å²) in [6.07, 6.45) is 5.84. The summed E-state index contributed by atoms with van der Waals surface area (Å²) in [5.41, 5.74) is -0.501. The number of rotatable bonds is 10. The molecule has 8 heteroatoms. The largest absolute Gasteiger partial charge is 0.444 e. The zero-order valence-corrected chi connectivity index (χ0v) is 24.7. The lowest BCUT2D eigenvalue weighted by Crippen LogP contribution is -2.62. The molecule has 38 heavy (non-hydrogen) atoms. The van der Waals surface area contributed by atoms with E-state index in [9.17, 15) is 14.5 Å². The van der Waals surface area contributed by atoms with Crippen LogP contribution in [-0.4, -0.2) is 45.8 Å². The fourth-order valence-corrected chi connectivity index (χ4v) is 5.44. The lowest BCUT2D eigenvalue weighted by Gasteiger charge is -2.51. The van der Waals surface area contributed by atoms with Crippen LogP contribution in [0.25, 0.3) is 0 Å². The summed E-state index contributed by atoms with van der Waals surface area (Å²) in [4.78, 5) is 37.7. The predicted molar refractivity (Wildman–Crippen MR) is 152 cm³/mol. The summed E-state index contributed by atoms with van der Waals surface area (Å²) in [5, 5.41) is 11.1. The molecule has 1 aromatic rings. The van der Waals surface area contributed by atoms with Gasteiger partial charge in [-0.1, -0.05) is 56.3 Å². The van der Waals surface area contributed by atoms with Crippen LogP contribution >= 0.6 is 0 Å². The van der Waals surface area contributed by atoms with E-state index in [1.807, 2.05) is 91.0 Å². The van der Waals surface area contributed by atoms with Crippen LogP contribution in [0.15, 0.2) is 47.8 Å². The highest BCUT2D eigenvalue weighted by Crippen LogP contribution is 2.38. The van der Waals surface area contributed by atoms with E-state index in [0.717, 1.165) is 12.0 Å². The van der Waals surface area contributed by atoms with Gasteiger partial charge in [-0.05, 0) is 85.6 Å². The first-order valence-corrected chi connectivity index (χ1v) is 13.7. The zero-order chi connectivity index (χ0) is 28.7. The molecule has 0 spiro atoms. The van der Waals surface area contributed by atoms with E-state index >= 15 is 0 Å². The van der Waals surface area contributed by atoms with Gasteiger partial charge in [-0.15, -0.1) is 4.91 Å². The monoisotopic (exact) mass is 528 g/mol. The van der Waals surface area contributed by atoms with Gasteiger partial charge in [0.05, 0.1) is 28.3 Å². The van der Waals surface area contributed by atoms with Gasteiger partial charge in [-0.3, -0.25) is 4.79 Å². The minimum atomic E-state index is -0.595. The van der Waals surface area contributed by atoms with Crippen LogP contribution in [0.2, 0.25) is 0 Å². The van der Waals surface area contributed by atoms with Gasteiger partial charge in [0.1, 0.15) is 5.60 Å². The molecule has 1 fully saturated rings. The number of alkyl carbamates (subject to hydrolysis) is 1. The minimum absolute atomic E-state index is 0.0743. The fraction of sp³-hybridized carbons (Fsp3) is 0.667. The Labute approximate surface area is 228 Å². The molecule has 2 N–H and O–H groups in total. The van der Waals surface area contributed by atoms with Gasteiger partial charge in [0.15, 0.2) is 0 Å². The number of hydrogen-bond donors (Lipinski definition) is 2. The molecule has 1 unspecified atom stereocenters. The van der Waals surface area contributed by atoms with Crippen LogP contribution in [0.1, 0.15) is 87.1 Å². The summed E-state index contributed by atoms with van der Waals surface area (Å²) >= 11 is 0. The first-order valence-electron chi connectivity index (χ1n) is 13.7. The smallest absolute Gasteiger partial charge is 0.408 e. The summed E-state index contributed by atoms with van der Waals surface area (Å²) in [6, 6.07) is 9.55. The summed E-state index contributed by atoms with van der Waals surface area (Å²) in [7, 11) is 0. The second-order valence-electron chi connectivity index (χ2n) is 13.2. The number of nitrogens with zero attached hydrogens (tertiary/aromatic N) is 2. The number of piperidine rings is 1. The van der Waals surface area contributed by atoms with Gasteiger partial charge in [0.25, 0.3) is 0 Å². The van der Waals surface area contributed by atoms with Crippen molar-refractivity contribution in [2.45, 2.75) is 117 Å². The SMILES string of the molecule is CC(C)C[C@@H](/C=C/C(Cc1ccccc1)C(=O)NC1CC(C)(C)N(N=O)C(C)(C)C1)NC(=O)OC(C)(C)C. The topological polar surface area (TPSA) is 100 Å². The molecule has 8 nitrogen and oxygen atoms in total. The van der Waals surface area contributed by atoms with Crippen LogP contribution in [0.5, 0.6) is 0 Å². The molecular formula is C30H48N4O4. The highest BCUT2D eigenvalue weighted by molar-refractivity contribution is 5.81. The number of nitroso groups, excluding NO2 is 1. The Kier molecular flexibility index (Phi) is 10.5. The Balaban J connectivity index is 2.25. The molecule has 0 radical (unpaired) electrons. The average molecular weight is 529 g/mol. The molecule has 1 aromatic carbocycles. The van der Waals surface area contributed by atoms with E-state index in [-0.39, 0.29) is 18.0 Å². The van der Waals surface area contributed by atoms with Crippen molar-refractivity contribution >= 4 is 12.0 Å². The molecule has 2 atom stereocenters. The molecule has 0 saturated carbocycles. The Bertz CT molecular complexity index is 948. The number of hydrogen-bond acceptors (Lipinski definition) is 5. The van der Waals surface area contributed by atoms with Crippen molar-refractivity contribution in [3.8, 4) is 0 Å². The Morgan fingerprint density at radius 2 is 1.66 bits per heavy atom. The number of ether oxygens (including phenoxy) is 1. The summed E-state index contributed by atoms with van der Waals surface area (Å²) < 4.78 is 5.46. The number of amides is 2. The van der Waals surface area contributed by atoms with E-state index in [2.05, 4.69) is 29.8 Å². The van der Waals surface area contributed by atoms with Crippen molar-refractivity contribution in [1.29, 1.82) is 0 Å². The third kappa shape index (κ3) is 9.76. The van der Waals surface area contributed by atoms with Gasteiger partial charge in [-0.25, -0.2) is 9.80 Å². The maximum atomic E-state index is 13.7. The summed E-state index contributed by atoms with van der Waals surface area (Å²) in [5.74, 6) is -0.169. The van der Waals surface area contributed by atoms with Gasteiger partial charge >= 0.3 is 6.09 Å². The number of carbonyl (C=O) groups excluding carboxylic acids is 2. The van der Waals surface area contributed by atoms with Gasteiger partial charge in [0.2, 0.25) is 5.91 Å². The van der Waals surface area contributed by atoms with E-state index in [1.54, 1.807) is 5.01 Å². The normalized spacial score (nSPS) is 19.2. The highest BCUT2D eigenvalue weighted by Gasteiger charge is 2.46. The Morgan fingerprint density at radius 1 is 1.08 bits per heavy atom. The highest BCUT2D eigenvalue weighted by atomic mass is 16.6. The Morgan fingerprint density at radius 3 is 2.16 bits per heavy atom. The van der Waals surface area contributed by atoms with Crippen molar-refractivity contribution in [2.24, 2.45) is 17.1 Å². The number of benzene rings is 1. The molecule has 0 bridgehead atoms. The first kappa shape index (κ1) is 31.3. The van der Waals surface area contributed by atoms with Gasteiger partial charge in [-0.2, -0.15) is 0 Å².